The Morgan fingerprint density at radius 3 is 2.89 bits per heavy atom. The molecular weight excluding hydrogens is 325 g/mol. The maximum atomic E-state index is 13.7. The molecule has 1 unspecified atom stereocenters. The van der Waals surface area contributed by atoms with Crippen molar-refractivity contribution in [1.82, 2.24) is 5.32 Å². The molecule has 1 heterocycles. The van der Waals surface area contributed by atoms with Crippen molar-refractivity contribution in [1.29, 1.82) is 0 Å². The van der Waals surface area contributed by atoms with Gasteiger partial charge in [0.05, 0.1) is 0 Å². The molecule has 1 N–H and O–H groups in total. The van der Waals surface area contributed by atoms with Crippen molar-refractivity contribution in [3.63, 3.8) is 0 Å². The molecular formula is C15H17BrFNS. The Balaban J connectivity index is 2.04. The van der Waals surface area contributed by atoms with Gasteiger partial charge in [0.25, 0.3) is 0 Å². The third-order valence-electron chi connectivity index (χ3n) is 3.01. The van der Waals surface area contributed by atoms with Crippen LogP contribution >= 0.6 is 27.3 Å². The fourth-order valence-corrected chi connectivity index (χ4v) is 3.28. The second-order valence-electron chi connectivity index (χ2n) is 4.47. The highest BCUT2D eigenvalue weighted by atomic mass is 79.9. The van der Waals surface area contributed by atoms with Gasteiger partial charge in [0.1, 0.15) is 5.82 Å². The van der Waals surface area contributed by atoms with Crippen LogP contribution in [0.2, 0.25) is 0 Å². The van der Waals surface area contributed by atoms with Crippen molar-refractivity contribution < 1.29 is 4.39 Å². The van der Waals surface area contributed by atoms with E-state index in [1.165, 1.54) is 10.9 Å². The second-order valence-corrected chi connectivity index (χ2v) is 6.37. The molecule has 0 bridgehead atoms. The van der Waals surface area contributed by atoms with Gasteiger partial charge in [-0.1, -0.05) is 35.3 Å². The van der Waals surface area contributed by atoms with Crippen LogP contribution in [0.15, 0.2) is 40.2 Å². The molecule has 1 nitrogen and oxygen atoms in total. The Morgan fingerprint density at radius 2 is 2.21 bits per heavy atom. The molecule has 1 aromatic heterocycles. The van der Waals surface area contributed by atoms with Gasteiger partial charge in [0, 0.05) is 27.5 Å². The molecule has 0 saturated heterocycles. The molecule has 0 amide bonds. The lowest BCUT2D eigenvalue weighted by molar-refractivity contribution is 0.489. The highest BCUT2D eigenvalue weighted by molar-refractivity contribution is 9.10. The van der Waals surface area contributed by atoms with Crippen LogP contribution in [0.25, 0.3) is 0 Å². The molecule has 2 aromatic rings. The average Bonchev–Trinajstić information content (AvgIpc) is 2.92. The highest BCUT2D eigenvalue weighted by Crippen LogP contribution is 2.24. The third kappa shape index (κ3) is 4.13. The number of benzene rings is 1. The number of rotatable bonds is 6. The summed E-state index contributed by atoms with van der Waals surface area (Å²) < 4.78 is 14.6. The zero-order valence-electron chi connectivity index (χ0n) is 10.8. The van der Waals surface area contributed by atoms with Gasteiger partial charge in [-0.3, -0.25) is 0 Å². The van der Waals surface area contributed by atoms with Crippen molar-refractivity contribution in [2.45, 2.75) is 32.4 Å². The average molecular weight is 342 g/mol. The van der Waals surface area contributed by atoms with Gasteiger partial charge in [-0.25, -0.2) is 4.39 Å². The molecule has 0 fully saturated rings. The van der Waals surface area contributed by atoms with E-state index in [4.69, 9.17) is 0 Å². The van der Waals surface area contributed by atoms with Crippen molar-refractivity contribution in [3.8, 4) is 0 Å². The molecule has 0 radical (unpaired) electrons. The summed E-state index contributed by atoms with van der Waals surface area (Å²) in [5.41, 5.74) is 0.701. The fraction of sp³-hybridized carbons (Fsp3) is 0.333. The van der Waals surface area contributed by atoms with Crippen LogP contribution in [0.1, 0.15) is 36.2 Å². The van der Waals surface area contributed by atoms with Gasteiger partial charge >= 0.3 is 0 Å². The maximum Gasteiger partial charge on any atom is 0.127 e. The Bertz CT molecular complexity index is 513. The Hall–Kier alpha value is -0.710. The van der Waals surface area contributed by atoms with Crippen LogP contribution in [-0.2, 0) is 6.54 Å². The van der Waals surface area contributed by atoms with Crippen LogP contribution in [0.3, 0.4) is 0 Å². The molecule has 0 aliphatic rings. The predicted octanol–water partition coefficient (Wildman–Crippen LogP) is 5.28. The summed E-state index contributed by atoms with van der Waals surface area (Å²) in [5.74, 6) is -0.155. The first-order valence-electron chi connectivity index (χ1n) is 6.41. The van der Waals surface area contributed by atoms with Crippen molar-refractivity contribution in [2.75, 3.05) is 0 Å². The lowest BCUT2D eigenvalue weighted by atomic mass is 10.1. The topological polar surface area (TPSA) is 12.0 Å². The third-order valence-corrected chi connectivity index (χ3v) is 4.49. The molecule has 1 aromatic carbocycles. The minimum Gasteiger partial charge on any atom is -0.305 e. The van der Waals surface area contributed by atoms with Crippen molar-refractivity contribution >= 4 is 27.3 Å². The summed E-state index contributed by atoms with van der Waals surface area (Å²) in [4.78, 5) is 1.32. The lowest BCUT2D eigenvalue weighted by Gasteiger charge is -2.17. The smallest absolute Gasteiger partial charge is 0.127 e. The highest BCUT2D eigenvalue weighted by Gasteiger charge is 2.12. The molecule has 0 aliphatic carbocycles. The van der Waals surface area contributed by atoms with E-state index in [9.17, 15) is 4.39 Å². The maximum absolute atomic E-state index is 13.7. The lowest BCUT2D eigenvalue weighted by Crippen LogP contribution is -2.20. The van der Waals surface area contributed by atoms with Gasteiger partial charge in [-0.2, -0.15) is 0 Å². The van der Waals surface area contributed by atoms with Crippen LogP contribution in [0, 0.1) is 5.82 Å². The van der Waals surface area contributed by atoms with Crippen molar-refractivity contribution in [3.05, 3.63) is 56.4 Å². The number of nitrogens with one attached hydrogen (secondary N) is 1. The standard InChI is InChI=1S/C15H17BrFNS/c1-2-4-14(15-5-3-8-19-15)18-10-11-9-12(16)6-7-13(11)17/h3,5-9,14,18H,2,4,10H2,1H3. The predicted molar refractivity (Wildman–Crippen MR) is 82.9 cm³/mol. The molecule has 0 saturated carbocycles. The second kappa shape index (κ2) is 7.17. The minimum atomic E-state index is -0.155. The van der Waals surface area contributed by atoms with Crippen LogP contribution < -0.4 is 5.32 Å². The first-order chi connectivity index (χ1) is 9.20. The van der Waals surface area contributed by atoms with Crippen LogP contribution in [-0.4, -0.2) is 0 Å². The molecule has 102 valence electrons. The number of hydrogen-bond donors (Lipinski definition) is 1. The number of halogens is 2. The zero-order valence-corrected chi connectivity index (χ0v) is 13.2. The largest absolute Gasteiger partial charge is 0.305 e. The van der Waals surface area contributed by atoms with Gasteiger partial charge in [0.2, 0.25) is 0 Å². The van der Waals surface area contributed by atoms with Gasteiger partial charge in [0.15, 0.2) is 0 Å². The van der Waals surface area contributed by atoms with E-state index >= 15 is 0 Å². The fourth-order valence-electron chi connectivity index (χ4n) is 2.04. The van der Waals surface area contributed by atoms with E-state index in [0.717, 1.165) is 17.3 Å². The summed E-state index contributed by atoms with van der Waals surface area (Å²) in [6.07, 6.45) is 2.17. The Labute approximate surface area is 126 Å². The van der Waals surface area contributed by atoms with Crippen molar-refractivity contribution in [2.24, 2.45) is 0 Å². The quantitative estimate of drug-likeness (QED) is 0.753. The van der Waals surface area contributed by atoms with E-state index in [-0.39, 0.29) is 5.82 Å². The minimum absolute atomic E-state index is 0.155. The summed E-state index contributed by atoms with van der Waals surface area (Å²) in [6, 6.07) is 9.56. The van der Waals surface area contributed by atoms with Crippen LogP contribution in [0.4, 0.5) is 4.39 Å². The van der Waals surface area contributed by atoms with Gasteiger partial charge in [-0.15, -0.1) is 11.3 Å². The summed E-state index contributed by atoms with van der Waals surface area (Å²) >= 11 is 5.13. The number of hydrogen-bond acceptors (Lipinski definition) is 2. The normalized spacial score (nSPS) is 12.6. The number of thiophene rings is 1. The van der Waals surface area contributed by atoms with E-state index in [0.29, 0.717) is 18.2 Å². The van der Waals surface area contributed by atoms with E-state index in [1.54, 1.807) is 17.4 Å². The van der Waals surface area contributed by atoms with E-state index in [2.05, 4.69) is 45.7 Å². The Kier molecular flexibility index (Phi) is 5.55. The monoisotopic (exact) mass is 341 g/mol. The molecule has 0 spiro atoms. The summed E-state index contributed by atoms with van der Waals surface area (Å²) in [5, 5.41) is 5.54. The van der Waals surface area contributed by atoms with Gasteiger partial charge < -0.3 is 5.32 Å². The summed E-state index contributed by atoms with van der Waals surface area (Å²) in [7, 11) is 0. The molecule has 0 aliphatic heterocycles. The van der Waals surface area contributed by atoms with Crippen LogP contribution in [0.5, 0.6) is 0 Å². The van der Waals surface area contributed by atoms with Gasteiger partial charge in [-0.05, 0) is 36.1 Å². The first kappa shape index (κ1) is 14.7. The van der Waals surface area contributed by atoms with E-state index in [1.807, 2.05) is 6.07 Å². The molecule has 19 heavy (non-hydrogen) atoms. The molecule has 2 rings (SSSR count). The molecule has 1 atom stereocenters. The summed E-state index contributed by atoms with van der Waals surface area (Å²) in [6.45, 7) is 2.72. The Morgan fingerprint density at radius 1 is 1.37 bits per heavy atom. The zero-order chi connectivity index (χ0) is 13.7. The SMILES string of the molecule is CCCC(NCc1cc(Br)ccc1F)c1cccs1. The first-order valence-corrected chi connectivity index (χ1v) is 8.08. The van der Waals surface area contributed by atoms with E-state index < -0.39 is 0 Å². The molecule has 4 heteroatoms.